The summed E-state index contributed by atoms with van der Waals surface area (Å²) in [6.45, 7) is 4.46. The summed E-state index contributed by atoms with van der Waals surface area (Å²) in [6, 6.07) is 9.40. The van der Waals surface area contributed by atoms with E-state index in [9.17, 15) is 4.79 Å². The van der Waals surface area contributed by atoms with Crippen LogP contribution in [0.1, 0.15) is 17.5 Å². The minimum absolute atomic E-state index is 0.0580. The smallest absolute Gasteiger partial charge is 0.226 e. The average Bonchev–Trinajstić information content (AvgIpc) is 2.54. The number of carbonyl (C=O) groups excluding carboxylic acids is 1. The zero-order valence-corrected chi connectivity index (χ0v) is 15.7. The highest BCUT2D eigenvalue weighted by Crippen LogP contribution is 2.35. The van der Waals surface area contributed by atoms with E-state index in [1.165, 1.54) is 0 Å². The number of hydrogen-bond donors (Lipinski definition) is 2. The zero-order valence-electron chi connectivity index (χ0n) is 14.9. The van der Waals surface area contributed by atoms with Crippen LogP contribution in [0, 0.1) is 13.8 Å². The van der Waals surface area contributed by atoms with E-state index in [1.54, 1.807) is 26.4 Å². The van der Waals surface area contributed by atoms with Gasteiger partial charge in [-0.25, -0.2) is 0 Å². The van der Waals surface area contributed by atoms with Crippen LogP contribution in [0.3, 0.4) is 0 Å². The molecule has 0 unspecified atom stereocenters. The quantitative estimate of drug-likeness (QED) is 0.765. The lowest BCUT2D eigenvalue weighted by molar-refractivity contribution is -0.115. The molecule has 134 valence electrons. The van der Waals surface area contributed by atoms with Gasteiger partial charge in [-0.3, -0.25) is 4.79 Å². The molecule has 0 aliphatic heterocycles. The fraction of sp³-hybridized carbons (Fsp3) is 0.316. The van der Waals surface area contributed by atoms with Crippen LogP contribution < -0.4 is 20.1 Å². The number of nitrogens with one attached hydrogen (secondary N) is 2. The second-order valence-electron chi connectivity index (χ2n) is 5.79. The minimum atomic E-state index is -0.0580. The minimum Gasteiger partial charge on any atom is -0.495 e. The SMILES string of the molecule is COc1cc(NCCC(=O)Nc2cc(C)cc(C)c2)c(OC)cc1Cl. The molecule has 0 bridgehead atoms. The number of ether oxygens (including phenoxy) is 2. The predicted octanol–water partition coefficient (Wildman–Crippen LogP) is 4.41. The maximum absolute atomic E-state index is 12.1. The van der Waals surface area contributed by atoms with Gasteiger partial charge in [0, 0.05) is 30.8 Å². The second-order valence-corrected chi connectivity index (χ2v) is 6.20. The average molecular weight is 363 g/mol. The van der Waals surface area contributed by atoms with Crippen molar-refractivity contribution in [3.63, 3.8) is 0 Å². The molecule has 25 heavy (non-hydrogen) atoms. The first-order valence-electron chi connectivity index (χ1n) is 7.96. The van der Waals surface area contributed by atoms with Crippen LogP contribution >= 0.6 is 11.6 Å². The largest absolute Gasteiger partial charge is 0.495 e. The Morgan fingerprint density at radius 3 is 2.24 bits per heavy atom. The fourth-order valence-corrected chi connectivity index (χ4v) is 2.81. The van der Waals surface area contributed by atoms with E-state index in [0.717, 1.165) is 22.5 Å². The lowest BCUT2D eigenvalue weighted by Crippen LogP contribution is -2.16. The van der Waals surface area contributed by atoms with Crippen molar-refractivity contribution >= 4 is 28.9 Å². The van der Waals surface area contributed by atoms with Gasteiger partial charge >= 0.3 is 0 Å². The van der Waals surface area contributed by atoms with Crippen molar-refractivity contribution in [1.82, 2.24) is 0 Å². The second kappa shape index (κ2) is 8.62. The van der Waals surface area contributed by atoms with Gasteiger partial charge in [-0.05, 0) is 37.1 Å². The molecule has 0 fully saturated rings. The Balaban J connectivity index is 1.94. The molecule has 0 aliphatic rings. The molecule has 2 aromatic rings. The number of carbonyl (C=O) groups is 1. The van der Waals surface area contributed by atoms with Crippen LogP contribution in [0.5, 0.6) is 11.5 Å². The summed E-state index contributed by atoms with van der Waals surface area (Å²) < 4.78 is 10.5. The van der Waals surface area contributed by atoms with Crippen LogP contribution in [-0.4, -0.2) is 26.7 Å². The van der Waals surface area contributed by atoms with Gasteiger partial charge in [-0.15, -0.1) is 0 Å². The van der Waals surface area contributed by atoms with Crippen molar-refractivity contribution < 1.29 is 14.3 Å². The first-order chi connectivity index (χ1) is 11.9. The van der Waals surface area contributed by atoms with E-state index in [2.05, 4.69) is 16.7 Å². The molecule has 2 rings (SSSR count). The maximum atomic E-state index is 12.1. The molecule has 0 heterocycles. The number of halogens is 1. The number of benzene rings is 2. The van der Waals surface area contributed by atoms with Crippen LogP contribution in [0.25, 0.3) is 0 Å². The monoisotopic (exact) mass is 362 g/mol. The summed E-state index contributed by atoms with van der Waals surface area (Å²) >= 11 is 6.08. The molecule has 0 saturated carbocycles. The number of rotatable bonds is 7. The van der Waals surface area contributed by atoms with Crippen molar-refractivity contribution in [2.24, 2.45) is 0 Å². The van der Waals surface area contributed by atoms with Gasteiger partial charge < -0.3 is 20.1 Å². The molecule has 2 N–H and O–H groups in total. The third kappa shape index (κ3) is 5.29. The standard InChI is InChI=1S/C19H23ClN2O3/c1-12-7-13(2)9-14(8-12)22-19(23)5-6-21-16-11-17(24-3)15(20)10-18(16)25-4/h7-11,21H,5-6H2,1-4H3,(H,22,23). The first-order valence-corrected chi connectivity index (χ1v) is 8.34. The molecular weight excluding hydrogens is 340 g/mol. The van der Waals surface area contributed by atoms with Crippen LogP contribution in [0.15, 0.2) is 30.3 Å². The number of anilines is 2. The van der Waals surface area contributed by atoms with E-state index >= 15 is 0 Å². The summed E-state index contributed by atoms with van der Waals surface area (Å²) in [6.07, 6.45) is 0.321. The normalized spacial score (nSPS) is 10.3. The van der Waals surface area contributed by atoms with E-state index in [4.69, 9.17) is 21.1 Å². The highest BCUT2D eigenvalue weighted by atomic mass is 35.5. The Labute approximate surface area is 153 Å². The fourth-order valence-electron chi connectivity index (χ4n) is 2.58. The van der Waals surface area contributed by atoms with Crippen molar-refractivity contribution in [3.05, 3.63) is 46.5 Å². The number of methoxy groups -OCH3 is 2. The molecule has 1 amide bonds. The van der Waals surface area contributed by atoms with E-state index < -0.39 is 0 Å². The molecule has 6 heteroatoms. The summed E-state index contributed by atoms with van der Waals surface area (Å²) in [5.74, 6) is 1.09. The molecular formula is C19H23ClN2O3. The molecule has 0 atom stereocenters. The van der Waals surface area contributed by atoms with Gasteiger partial charge in [0.15, 0.2) is 0 Å². The van der Waals surface area contributed by atoms with Gasteiger partial charge in [0.25, 0.3) is 0 Å². The third-order valence-electron chi connectivity index (χ3n) is 3.65. The molecule has 0 aliphatic carbocycles. The maximum Gasteiger partial charge on any atom is 0.226 e. The van der Waals surface area contributed by atoms with E-state index in [1.807, 2.05) is 26.0 Å². The van der Waals surface area contributed by atoms with Crippen molar-refractivity contribution in [2.75, 3.05) is 31.4 Å². The van der Waals surface area contributed by atoms with Crippen molar-refractivity contribution in [3.8, 4) is 11.5 Å². The predicted molar refractivity (Wildman–Crippen MR) is 102 cm³/mol. The van der Waals surface area contributed by atoms with Crippen LogP contribution in [0.4, 0.5) is 11.4 Å². The Kier molecular flexibility index (Phi) is 6.53. The number of hydrogen-bond acceptors (Lipinski definition) is 4. The van der Waals surface area contributed by atoms with Gasteiger partial charge in [0.2, 0.25) is 5.91 Å². The van der Waals surface area contributed by atoms with Crippen molar-refractivity contribution in [1.29, 1.82) is 0 Å². The zero-order chi connectivity index (χ0) is 18.4. The number of aryl methyl sites for hydroxylation is 2. The van der Waals surface area contributed by atoms with Gasteiger partial charge in [-0.2, -0.15) is 0 Å². The molecule has 0 spiro atoms. The van der Waals surface area contributed by atoms with Gasteiger partial charge in [0.1, 0.15) is 11.5 Å². The Bertz CT molecular complexity index is 742. The summed E-state index contributed by atoms with van der Waals surface area (Å²) in [5.41, 5.74) is 3.77. The first kappa shape index (κ1) is 18.9. The Morgan fingerprint density at radius 1 is 1.00 bits per heavy atom. The molecule has 0 aromatic heterocycles. The highest BCUT2D eigenvalue weighted by Gasteiger charge is 2.10. The Morgan fingerprint density at radius 2 is 1.64 bits per heavy atom. The summed E-state index contributed by atoms with van der Waals surface area (Å²) in [4.78, 5) is 12.1. The molecule has 0 radical (unpaired) electrons. The lowest BCUT2D eigenvalue weighted by Gasteiger charge is -2.14. The van der Waals surface area contributed by atoms with E-state index in [0.29, 0.717) is 29.5 Å². The van der Waals surface area contributed by atoms with Crippen LogP contribution in [-0.2, 0) is 4.79 Å². The molecule has 0 saturated heterocycles. The number of amides is 1. The summed E-state index contributed by atoms with van der Waals surface area (Å²) in [7, 11) is 3.12. The van der Waals surface area contributed by atoms with E-state index in [-0.39, 0.29) is 5.91 Å². The Hall–Kier alpha value is -2.40. The topological polar surface area (TPSA) is 59.6 Å². The van der Waals surface area contributed by atoms with Crippen molar-refractivity contribution in [2.45, 2.75) is 20.3 Å². The third-order valence-corrected chi connectivity index (χ3v) is 3.94. The van der Waals surface area contributed by atoms with Gasteiger partial charge in [0.05, 0.1) is 24.9 Å². The van der Waals surface area contributed by atoms with Gasteiger partial charge in [-0.1, -0.05) is 17.7 Å². The molecule has 2 aromatic carbocycles. The van der Waals surface area contributed by atoms with Crippen LogP contribution in [0.2, 0.25) is 5.02 Å². The lowest BCUT2D eigenvalue weighted by atomic mass is 10.1. The highest BCUT2D eigenvalue weighted by molar-refractivity contribution is 6.32. The molecule has 5 nitrogen and oxygen atoms in total. The summed E-state index contributed by atoms with van der Waals surface area (Å²) in [5, 5.41) is 6.57.